The van der Waals surface area contributed by atoms with Crippen molar-refractivity contribution in [3.8, 4) is 0 Å². The quantitative estimate of drug-likeness (QED) is 0.819. The second-order valence-electron chi connectivity index (χ2n) is 4.86. The maximum Gasteiger partial charge on any atom is 0.251 e. The van der Waals surface area contributed by atoms with Crippen LogP contribution in [0.4, 0.5) is 0 Å². The van der Waals surface area contributed by atoms with Gasteiger partial charge in [0.05, 0.1) is 5.38 Å². The Labute approximate surface area is 107 Å². The molecule has 1 atom stereocenters. The lowest BCUT2D eigenvalue weighted by Crippen LogP contribution is -2.30. The van der Waals surface area contributed by atoms with Crippen LogP contribution >= 0.6 is 11.6 Å². The Morgan fingerprint density at radius 2 is 2.12 bits per heavy atom. The Balaban J connectivity index is 1.92. The van der Waals surface area contributed by atoms with Crippen LogP contribution in [-0.2, 0) is 0 Å². The highest BCUT2D eigenvalue weighted by molar-refractivity contribution is 6.21. The molecular formula is C14H18ClNO. The molecule has 0 saturated heterocycles. The molecule has 92 valence electrons. The summed E-state index contributed by atoms with van der Waals surface area (Å²) in [4.78, 5) is 11.9. The molecule has 1 aliphatic carbocycles. The maximum atomic E-state index is 11.9. The van der Waals surface area contributed by atoms with Crippen molar-refractivity contribution in [3.63, 3.8) is 0 Å². The molecule has 1 saturated carbocycles. The number of halogens is 1. The molecule has 1 aliphatic rings. The molecule has 1 amide bonds. The van der Waals surface area contributed by atoms with Crippen LogP contribution in [0.25, 0.3) is 0 Å². The van der Waals surface area contributed by atoms with Gasteiger partial charge in [-0.3, -0.25) is 4.79 Å². The average Bonchev–Trinajstić information content (AvgIpc) is 3.13. The molecule has 0 aliphatic heterocycles. The Morgan fingerprint density at radius 1 is 1.41 bits per heavy atom. The van der Waals surface area contributed by atoms with Crippen molar-refractivity contribution in [2.75, 3.05) is 6.54 Å². The first-order valence-corrected chi connectivity index (χ1v) is 6.51. The predicted octanol–water partition coefficient (Wildman–Crippen LogP) is 3.05. The number of nitrogens with one attached hydrogen (secondary N) is 1. The Morgan fingerprint density at radius 3 is 2.71 bits per heavy atom. The lowest BCUT2D eigenvalue weighted by Gasteiger charge is -2.10. The normalized spacial score (nSPS) is 16.6. The summed E-state index contributed by atoms with van der Waals surface area (Å²) in [6, 6.07) is 5.76. The number of hydrogen-bond donors (Lipinski definition) is 1. The summed E-state index contributed by atoms with van der Waals surface area (Å²) >= 11 is 6.15. The fraction of sp³-hybridized carbons (Fsp3) is 0.500. The summed E-state index contributed by atoms with van der Waals surface area (Å²) in [7, 11) is 0. The summed E-state index contributed by atoms with van der Waals surface area (Å²) in [6.07, 6.45) is 2.40. The molecule has 0 aromatic heterocycles. The summed E-state index contributed by atoms with van der Waals surface area (Å²) in [6.45, 7) is 4.62. The summed E-state index contributed by atoms with van der Waals surface area (Å²) < 4.78 is 0. The minimum absolute atomic E-state index is 0.0283. The van der Waals surface area contributed by atoms with Gasteiger partial charge in [0.1, 0.15) is 0 Å². The van der Waals surface area contributed by atoms with E-state index in [9.17, 15) is 4.79 Å². The molecule has 1 fully saturated rings. The zero-order valence-electron chi connectivity index (χ0n) is 10.3. The van der Waals surface area contributed by atoms with Crippen molar-refractivity contribution in [1.82, 2.24) is 5.32 Å². The van der Waals surface area contributed by atoms with Gasteiger partial charge < -0.3 is 5.32 Å². The molecule has 17 heavy (non-hydrogen) atoms. The number of hydrogen-bond acceptors (Lipinski definition) is 1. The molecule has 0 heterocycles. The van der Waals surface area contributed by atoms with Gasteiger partial charge in [0, 0.05) is 12.1 Å². The summed E-state index contributed by atoms with van der Waals surface area (Å²) in [5.74, 6) is 0.580. The SMILES string of the molecule is Cc1ccc(C(=O)NCC(Cl)C2CC2)cc1C. The van der Waals surface area contributed by atoms with Gasteiger partial charge in [-0.05, 0) is 55.9 Å². The lowest BCUT2D eigenvalue weighted by molar-refractivity contribution is 0.0953. The topological polar surface area (TPSA) is 29.1 Å². The molecule has 1 aromatic rings. The number of carbonyl (C=O) groups excluding carboxylic acids is 1. The van der Waals surface area contributed by atoms with Crippen LogP contribution in [0.1, 0.15) is 34.3 Å². The van der Waals surface area contributed by atoms with E-state index in [4.69, 9.17) is 11.6 Å². The molecule has 2 nitrogen and oxygen atoms in total. The van der Waals surface area contributed by atoms with E-state index in [1.165, 1.54) is 18.4 Å². The molecule has 2 rings (SSSR count). The molecule has 1 unspecified atom stereocenters. The van der Waals surface area contributed by atoms with Crippen LogP contribution in [0, 0.1) is 19.8 Å². The van der Waals surface area contributed by atoms with Crippen LogP contribution < -0.4 is 5.32 Å². The number of alkyl halides is 1. The van der Waals surface area contributed by atoms with Crippen LogP contribution in [0.5, 0.6) is 0 Å². The van der Waals surface area contributed by atoms with Crippen molar-refractivity contribution < 1.29 is 4.79 Å². The van der Waals surface area contributed by atoms with Gasteiger partial charge in [-0.25, -0.2) is 0 Å². The minimum atomic E-state index is -0.0283. The van der Waals surface area contributed by atoms with Gasteiger partial charge in [0.2, 0.25) is 0 Å². The second kappa shape index (κ2) is 5.09. The second-order valence-corrected chi connectivity index (χ2v) is 5.42. The summed E-state index contributed by atoms with van der Waals surface area (Å²) in [5, 5.41) is 2.98. The minimum Gasteiger partial charge on any atom is -0.351 e. The molecule has 3 heteroatoms. The van der Waals surface area contributed by atoms with Crippen molar-refractivity contribution in [3.05, 3.63) is 34.9 Å². The van der Waals surface area contributed by atoms with Gasteiger partial charge in [-0.1, -0.05) is 6.07 Å². The van der Waals surface area contributed by atoms with Gasteiger partial charge >= 0.3 is 0 Å². The molecular weight excluding hydrogens is 234 g/mol. The van der Waals surface area contributed by atoms with E-state index in [1.807, 2.05) is 32.0 Å². The van der Waals surface area contributed by atoms with Crippen molar-refractivity contribution in [1.29, 1.82) is 0 Å². The number of amides is 1. The first kappa shape index (κ1) is 12.4. The van der Waals surface area contributed by atoms with Crippen LogP contribution in [0.2, 0.25) is 0 Å². The Hall–Kier alpha value is -1.02. The van der Waals surface area contributed by atoms with Gasteiger partial charge in [0.25, 0.3) is 5.91 Å². The molecule has 0 radical (unpaired) electrons. The fourth-order valence-corrected chi connectivity index (χ4v) is 2.13. The van der Waals surface area contributed by atoms with E-state index in [2.05, 4.69) is 5.32 Å². The van der Waals surface area contributed by atoms with Gasteiger partial charge in [-0.2, -0.15) is 0 Å². The number of rotatable bonds is 4. The van der Waals surface area contributed by atoms with E-state index in [0.29, 0.717) is 18.0 Å². The van der Waals surface area contributed by atoms with Crippen LogP contribution in [0.15, 0.2) is 18.2 Å². The van der Waals surface area contributed by atoms with Crippen molar-refractivity contribution >= 4 is 17.5 Å². The largest absolute Gasteiger partial charge is 0.351 e. The van der Waals surface area contributed by atoms with E-state index >= 15 is 0 Å². The molecule has 0 bridgehead atoms. The summed E-state index contributed by atoms with van der Waals surface area (Å²) in [5.41, 5.74) is 3.06. The molecule has 1 N–H and O–H groups in total. The zero-order chi connectivity index (χ0) is 12.4. The zero-order valence-corrected chi connectivity index (χ0v) is 11.1. The fourth-order valence-electron chi connectivity index (χ4n) is 1.80. The smallest absolute Gasteiger partial charge is 0.251 e. The first-order valence-electron chi connectivity index (χ1n) is 6.07. The number of aryl methyl sites for hydroxylation is 2. The third kappa shape index (κ3) is 3.22. The van der Waals surface area contributed by atoms with Crippen LogP contribution in [-0.4, -0.2) is 17.8 Å². The monoisotopic (exact) mass is 251 g/mol. The third-order valence-electron chi connectivity index (χ3n) is 3.36. The van der Waals surface area contributed by atoms with E-state index in [1.54, 1.807) is 0 Å². The van der Waals surface area contributed by atoms with Crippen molar-refractivity contribution in [2.45, 2.75) is 32.1 Å². The van der Waals surface area contributed by atoms with Crippen LogP contribution in [0.3, 0.4) is 0 Å². The number of carbonyl (C=O) groups is 1. The standard InChI is InChI=1S/C14H18ClNO/c1-9-3-4-12(7-10(9)2)14(17)16-8-13(15)11-5-6-11/h3-4,7,11,13H,5-6,8H2,1-2H3,(H,16,17). The third-order valence-corrected chi connectivity index (χ3v) is 3.87. The van der Waals surface area contributed by atoms with Gasteiger partial charge in [-0.15, -0.1) is 11.6 Å². The van der Waals surface area contributed by atoms with E-state index < -0.39 is 0 Å². The number of benzene rings is 1. The highest BCUT2D eigenvalue weighted by Crippen LogP contribution is 2.35. The molecule has 1 aromatic carbocycles. The first-order chi connectivity index (χ1) is 8.08. The highest BCUT2D eigenvalue weighted by Gasteiger charge is 2.29. The molecule has 0 spiro atoms. The maximum absolute atomic E-state index is 11.9. The predicted molar refractivity (Wildman–Crippen MR) is 70.6 cm³/mol. The van der Waals surface area contributed by atoms with Crippen molar-refractivity contribution in [2.24, 2.45) is 5.92 Å². The average molecular weight is 252 g/mol. The Kier molecular flexibility index (Phi) is 3.72. The van der Waals surface area contributed by atoms with E-state index in [0.717, 1.165) is 5.56 Å². The lowest BCUT2D eigenvalue weighted by atomic mass is 10.1. The van der Waals surface area contributed by atoms with Gasteiger partial charge in [0.15, 0.2) is 0 Å². The highest BCUT2D eigenvalue weighted by atomic mass is 35.5. The Bertz CT molecular complexity index is 426. The van der Waals surface area contributed by atoms with E-state index in [-0.39, 0.29) is 11.3 Å².